The molecule has 0 heterocycles. The van der Waals surface area contributed by atoms with Crippen molar-refractivity contribution in [1.29, 1.82) is 0 Å². The van der Waals surface area contributed by atoms with E-state index < -0.39 is 5.97 Å². The van der Waals surface area contributed by atoms with Gasteiger partial charge in [-0.2, -0.15) is 0 Å². The molecule has 2 rings (SSSR count). The Hall–Kier alpha value is -2.53. The Labute approximate surface area is 129 Å². The number of ether oxygens (including phenoxy) is 4. The molecule has 2 aromatic carbocycles. The van der Waals surface area contributed by atoms with Crippen LogP contribution in [0.4, 0.5) is 0 Å². The summed E-state index contributed by atoms with van der Waals surface area (Å²) in [5, 5.41) is 0. The van der Waals surface area contributed by atoms with E-state index >= 15 is 0 Å². The molecule has 22 heavy (non-hydrogen) atoms. The Balaban J connectivity index is 2.00. The largest absolute Gasteiger partial charge is 0.493 e. The fraction of sp³-hybridized carbons (Fsp3) is 0.235. The molecule has 5 heteroatoms. The van der Waals surface area contributed by atoms with Gasteiger partial charge in [-0.25, -0.2) is 4.79 Å². The quantitative estimate of drug-likeness (QED) is 0.447. The Morgan fingerprint density at radius 3 is 2.23 bits per heavy atom. The molecule has 0 aromatic heterocycles. The second kappa shape index (κ2) is 8.05. The van der Waals surface area contributed by atoms with Gasteiger partial charge in [0.25, 0.3) is 0 Å². The number of carbonyl (C=O) groups excluding carboxylic acids is 1. The summed E-state index contributed by atoms with van der Waals surface area (Å²) in [5.41, 5.74) is 0.435. The molecule has 0 atom stereocenters. The predicted molar refractivity (Wildman–Crippen MR) is 81.8 cm³/mol. The third-order valence-electron chi connectivity index (χ3n) is 2.92. The van der Waals surface area contributed by atoms with Crippen LogP contribution in [0.15, 0.2) is 48.5 Å². The van der Waals surface area contributed by atoms with Crippen LogP contribution < -0.4 is 14.2 Å². The highest BCUT2D eigenvalue weighted by Crippen LogP contribution is 2.26. The van der Waals surface area contributed by atoms with Crippen molar-refractivity contribution in [3.05, 3.63) is 54.1 Å². The molecular formula is C17H18O5. The van der Waals surface area contributed by atoms with Gasteiger partial charge in [0.1, 0.15) is 12.4 Å². The van der Waals surface area contributed by atoms with Crippen molar-refractivity contribution in [2.75, 3.05) is 27.4 Å². The molecule has 0 radical (unpaired) electrons. The van der Waals surface area contributed by atoms with Crippen LogP contribution in [0.5, 0.6) is 17.2 Å². The number of rotatable bonds is 7. The van der Waals surface area contributed by atoms with Crippen LogP contribution >= 0.6 is 0 Å². The highest BCUT2D eigenvalue weighted by molar-refractivity contribution is 5.91. The summed E-state index contributed by atoms with van der Waals surface area (Å²) in [4.78, 5) is 12.1. The standard InChI is InChI=1S/C17H18O5/c1-19-11-12-21-14-9-7-13(8-10-14)17(18)22-16-6-4-3-5-15(16)20-2/h3-10H,11-12H2,1-2H3. The molecule has 0 saturated carbocycles. The third kappa shape index (κ3) is 4.23. The first-order valence-corrected chi connectivity index (χ1v) is 6.81. The van der Waals surface area contributed by atoms with Crippen molar-refractivity contribution in [1.82, 2.24) is 0 Å². The van der Waals surface area contributed by atoms with Gasteiger partial charge in [-0.15, -0.1) is 0 Å². The Morgan fingerprint density at radius 1 is 0.909 bits per heavy atom. The fourth-order valence-corrected chi connectivity index (χ4v) is 1.79. The van der Waals surface area contributed by atoms with Crippen molar-refractivity contribution in [3.63, 3.8) is 0 Å². The molecule has 0 unspecified atom stereocenters. The number of carbonyl (C=O) groups is 1. The molecule has 0 bridgehead atoms. The van der Waals surface area contributed by atoms with Crippen LogP contribution in [0.2, 0.25) is 0 Å². The van der Waals surface area contributed by atoms with Gasteiger partial charge in [0.2, 0.25) is 0 Å². The van der Waals surface area contributed by atoms with Gasteiger partial charge in [0.05, 0.1) is 19.3 Å². The van der Waals surface area contributed by atoms with Crippen LogP contribution in [0, 0.1) is 0 Å². The van der Waals surface area contributed by atoms with Crippen LogP contribution in [0.25, 0.3) is 0 Å². The molecule has 0 amide bonds. The maximum absolute atomic E-state index is 12.1. The van der Waals surface area contributed by atoms with E-state index in [2.05, 4.69) is 0 Å². The highest BCUT2D eigenvalue weighted by atomic mass is 16.6. The fourth-order valence-electron chi connectivity index (χ4n) is 1.79. The molecule has 116 valence electrons. The Kier molecular flexibility index (Phi) is 5.80. The highest BCUT2D eigenvalue weighted by Gasteiger charge is 2.11. The zero-order chi connectivity index (χ0) is 15.8. The molecule has 0 fully saturated rings. The van der Waals surface area contributed by atoms with E-state index in [9.17, 15) is 4.79 Å². The van der Waals surface area contributed by atoms with Gasteiger partial charge >= 0.3 is 5.97 Å². The molecule has 0 spiro atoms. The van der Waals surface area contributed by atoms with Gasteiger partial charge in [-0.1, -0.05) is 12.1 Å². The van der Waals surface area contributed by atoms with Crippen molar-refractivity contribution in [2.24, 2.45) is 0 Å². The van der Waals surface area contributed by atoms with Gasteiger partial charge in [0, 0.05) is 7.11 Å². The smallest absolute Gasteiger partial charge is 0.343 e. The van der Waals surface area contributed by atoms with Crippen molar-refractivity contribution < 1.29 is 23.7 Å². The molecule has 0 aliphatic heterocycles. The molecule has 0 N–H and O–H groups in total. The van der Waals surface area contributed by atoms with E-state index in [0.717, 1.165) is 0 Å². The SMILES string of the molecule is COCCOc1ccc(C(=O)Oc2ccccc2OC)cc1. The van der Waals surface area contributed by atoms with E-state index in [1.807, 2.05) is 6.07 Å². The van der Waals surface area contributed by atoms with Crippen molar-refractivity contribution in [3.8, 4) is 17.2 Å². The number of hydrogen-bond donors (Lipinski definition) is 0. The summed E-state index contributed by atoms with van der Waals surface area (Å²) in [6.07, 6.45) is 0. The normalized spacial score (nSPS) is 10.1. The minimum atomic E-state index is -0.451. The zero-order valence-corrected chi connectivity index (χ0v) is 12.6. The lowest BCUT2D eigenvalue weighted by atomic mass is 10.2. The first-order chi connectivity index (χ1) is 10.7. The maximum Gasteiger partial charge on any atom is 0.343 e. The first kappa shape index (κ1) is 15.9. The number of esters is 1. The van der Waals surface area contributed by atoms with Gasteiger partial charge < -0.3 is 18.9 Å². The average molecular weight is 302 g/mol. The lowest BCUT2D eigenvalue weighted by Crippen LogP contribution is -2.09. The van der Waals surface area contributed by atoms with Crippen LogP contribution in [0.1, 0.15) is 10.4 Å². The molecule has 0 saturated heterocycles. The number of benzene rings is 2. The van der Waals surface area contributed by atoms with Crippen molar-refractivity contribution in [2.45, 2.75) is 0 Å². The summed E-state index contributed by atoms with van der Waals surface area (Å²) < 4.78 is 20.8. The van der Waals surface area contributed by atoms with E-state index in [1.54, 1.807) is 49.6 Å². The Bertz CT molecular complexity index is 607. The minimum absolute atomic E-state index is 0.385. The Morgan fingerprint density at radius 2 is 1.59 bits per heavy atom. The summed E-state index contributed by atoms with van der Waals surface area (Å²) in [7, 11) is 3.14. The second-order valence-corrected chi connectivity index (χ2v) is 4.41. The van der Waals surface area contributed by atoms with E-state index in [4.69, 9.17) is 18.9 Å². The first-order valence-electron chi connectivity index (χ1n) is 6.81. The van der Waals surface area contributed by atoms with Crippen LogP contribution in [-0.2, 0) is 4.74 Å². The maximum atomic E-state index is 12.1. The number of hydrogen-bond acceptors (Lipinski definition) is 5. The topological polar surface area (TPSA) is 54.0 Å². The summed E-state index contributed by atoms with van der Waals surface area (Å²) in [6.45, 7) is 0.971. The number of para-hydroxylation sites is 2. The van der Waals surface area contributed by atoms with E-state index in [1.165, 1.54) is 7.11 Å². The predicted octanol–water partition coefficient (Wildman–Crippen LogP) is 2.94. The lowest BCUT2D eigenvalue weighted by molar-refractivity contribution is 0.0729. The average Bonchev–Trinajstić information content (AvgIpc) is 2.56. The number of methoxy groups -OCH3 is 2. The molecular weight excluding hydrogens is 284 g/mol. The third-order valence-corrected chi connectivity index (χ3v) is 2.92. The van der Waals surface area contributed by atoms with Gasteiger partial charge in [-0.05, 0) is 36.4 Å². The summed E-state index contributed by atoms with van der Waals surface area (Å²) in [6, 6.07) is 13.7. The van der Waals surface area contributed by atoms with Gasteiger partial charge in [-0.3, -0.25) is 0 Å². The molecule has 0 aliphatic carbocycles. The molecule has 5 nitrogen and oxygen atoms in total. The van der Waals surface area contributed by atoms with Crippen LogP contribution in [0.3, 0.4) is 0 Å². The zero-order valence-electron chi connectivity index (χ0n) is 12.6. The minimum Gasteiger partial charge on any atom is -0.493 e. The summed E-state index contributed by atoms with van der Waals surface area (Å²) in [5.74, 6) is 1.12. The lowest BCUT2D eigenvalue weighted by Gasteiger charge is -2.09. The van der Waals surface area contributed by atoms with E-state index in [0.29, 0.717) is 36.0 Å². The molecule has 2 aromatic rings. The van der Waals surface area contributed by atoms with Crippen LogP contribution in [-0.4, -0.2) is 33.4 Å². The summed E-state index contributed by atoms with van der Waals surface area (Å²) >= 11 is 0. The van der Waals surface area contributed by atoms with Crippen molar-refractivity contribution >= 4 is 5.97 Å². The van der Waals surface area contributed by atoms with Gasteiger partial charge in [0.15, 0.2) is 11.5 Å². The second-order valence-electron chi connectivity index (χ2n) is 4.41. The monoisotopic (exact) mass is 302 g/mol. The molecule has 0 aliphatic rings. The van der Waals surface area contributed by atoms with E-state index in [-0.39, 0.29) is 0 Å².